The third-order valence-corrected chi connectivity index (χ3v) is 4.85. The largest absolute Gasteiger partial charge is 0.496 e. The van der Waals surface area contributed by atoms with Gasteiger partial charge in [0.15, 0.2) is 0 Å². The maximum absolute atomic E-state index is 12.5. The van der Waals surface area contributed by atoms with Gasteiger partial charge in [-0.3, -0.25) is 9.69 Å². The molecule has 0 aromatic heterocycles. The minimum absolute atomic E-state index is 0.0679. The van der Waals surface area contributed by atoms with Gasteiger partial charge < -0.3 is 20.5 Å². The van der Waals surface area contributed by atoms with Crippen molar-refractivity contribution in [1.29, 1.82) is 0 Å². The van der Waals surface area contributed by atoms with Crippen LogP contribution in [0, 0.1) is 0 Å². The second kappa shape index (κ2) is 9.08. The molecule has 0 unspecified atom stereocenters. The molecule has 0 spiro atoms. The number of carbonyl (C=O) groups is 1. The number of hydrogen-bond acceptors (Lipinski definition) is 5. The van der Waals surface area contributed by atoms with Gasteiger partial charge in [-0.1, -0.05) is 41.9 Å². The van der Waals surface area contributed by atoms with Gasteiger partial charge in [-0.05, 0) is 11.6 Å². The van der Waals surface area contributed by atoms with Crippen LogP contribution in [0.2, 0.25) is 5.02 Å². The second-order valence-electron chi connectivity index (χ2n) is 6.50. The monoisotopic (exact) mass is 389 g/mol. The molecule has 0 bridgehead atoms. The molecule has 2 aromatic carbocycles. The number of carbonyl (C=O) groups excluding carboxylic acids is 1. The fourth-order valence-electron chi connectivity index (χ4n) is 3.11. The van der Waals surface area contributed by atoms with Crippen LogP contribution in [0.15, 0.2) is 42.5 Å². The number of nitrogens with two attached hydrogens (primary N) is 1. The quantitative estimate of drug-likeness (QED) is 0.742. The highest BCUT2D eigenvalue weighted by molar-refractivity contribution is 6.33. The summed E-state index contributed by atoms with van der Waals surface area (Å²) in [5, 5.41) is 3.23. The van der Waals surface area contributed by atoms with Gasteiger partial charge in [0.1, 0.15) is 5.75 Å². The fourth-order valence-corrected chi connectivity index (χ4v) is 3.27. The molecule has 1 saturated heterocycles. The first kappa shape index (κ1) is 19.5. The number of hydrogen-bond donors (Lipinski definition) is 2. The van der Waals surface area contributed by atoms with E-state index in [9.17, 15) is 4.79 Å². The van der Waals surface area contributed by atoms with Crippen LogP contribution in [0.1, 0.15) is 15.9 Å². The van der Waals surface area contributed by atoms with Crippen molar-refractivity contribution in [2.75, 3.05) is 39.1 Å². The maximum atomic E-state index is 12.5. The number of nitrogen functional groups attached to an aromatic ring is 1. The topological polar surface area (TPSA) is 76.8 Å². The molecule has 1 fully saturated rings. The summed E-state index contributed by atoms with van der Waals surface area (Å²) < 4.78 is 11.0. The summed E-state index contributed by atoms with van der Waals surface area (Å²) in [6.07, 6.45) is -0.0679. The molecule has 27 heavy (non-hydrogen) atoms. The van der Waals surface area contributed by atoms with Crippen molar-refractivity contribution >= 4 is 23.2 Å². The Bertz CT molecular complexity index is 786. The first-order valence-corrected chi connectivity index (χ1v) is 9.23. The average molecular weight is 390 g/mol. The van der Waals surface area contributed by atoms with E-state index in [0.29, 0.717) is 35.2 Å². The van der Waals surface area contributed by atoms with Crippen molar-refractivity contribution in [1.82, 2.24) is 10.2 Å². The van der Waals surface area contributed by atoms with E-state index in [0.717, 1.165) is 19.6 Å². The van der Waals surface area contributed by atoms with Gasteiger partial charge in [0.2, 0.25) is 0 Å². The highest BCUT2D eigenvalue weighted by Crippen LogP contribution is 2.28. The molecule has 1 aliphatic heterocycles. The van der Waals surface area contributed by atoms with Crippen molar-refractivity contribution in [2.24, 2.45) is 0 Å². The van der Waals surface area contributed by atoms with Crippen molar-refractivity contribution in [3.63, 3.8) is 0 Å². The summed E-state index contributed by atoms with van der Waals surface area (Å²) in [4.78, 5) is 14.9. The zero-order valence-corrected chi connectivity index (χ0v) is 16.0. The van der Waals surface area contributed by atoms with Gasteiger partial charge in [-0.15, -0.1) is 0 Å². The lowest BCUT2D eigenvalue weighted by Gasteiger charge is -2.33. The van der Waals surface area contributed by atoms with E-state index in [1.165, 1.54) is 18.7 Å². The average Bonchev–Trinajstić information content (AvgIpc) is 2.69. The molecule has 3 N–H and O–H groups in total. The van der Waals surface area contributed by atoms with Crippen LogP contribution in [0.3, 0.4) is 0 Å². The molecular formula is C20H24ClN3O3. The number of rotatable bonds is 6. The minimum atomic E-state index is -0.266. The molecule has 1 amide bonds. The molecule has 3 rings (SSSR count). The summed E-state index contributed by atoms with van der Waals surface area (Å²) in [5.41, 5.74) is 7.76. The normalized spacial score (nSPS) is 17.5. The number of morpholine rings is 1. The first-order chi connectivity index (χ1) is 13.1. The lowest BCUT2D eigenvalue weighted by atomic mass is 10.1. The van der Waals surface area contributed by atoms with E-state index in [4.69, 9.17) is 26.8 Å². The molecule has 1 atom stereocenters. The van der Waals surface area contributed by atoms with E-state index < -0.39 is 0 Å². The number of nitrogens with one attached hydrogen (secondary N) is 1. The Hall–Kier alpha value is -2.28. The van der Waals surface area contributed by atoms with E-state index in [2.05, 4.69) is 22.3 Å². The minimum Gasteiger partial charge on any atom is -0.496 e. The van der Waals surface area contributed by atoms with Crippen LogP contribution < -0.4 is 15.8 Å². The van der Waals surface area contributed by atoms with Crippen molar-refractivity contribution < 1.29 is 14.3 Å². The summed E-state index contributed by atoms with van der Waals surface area (Å²) in [5.74, 6) is 0.127. The number of anilines is 1. The van der Waals surface area contributed by atoms with Crippen LogP contribution in [-0.2, 0) is 11.3 Å². The van der Waals surface area contributed by atoms with E-state index in [1.807, 2.05) is 18.2 Å². The zero-order valence-electron chi connectivity index (χ0n) is 15.3. The Morgan fingerprint density at radius 3 is 2.89 bits per heavy atom. The van der Waals surface area contributed by atoms with Crippen LogP contribution in [-0.4, -0.2) is 50.3 Å². The molecule has 2 aromatic rings. The third-order valence-electron chi connectivity index (χ3n) is 4.53. The standard InChI is InChI=1S/C20H24ClN3O3/c1-26-19-10-18(22)17(21)9-16(19)20(25)23-11-15-13-24(7-8-27-15)12-14-5-3-2-4-6-14/h2-6,9-10,15H,7-8,11-13,22H2,1H3,(H,23,25)/t15-/m0/s1. The third kappa shape index (κ3) is 5.13. The Kier molecular flexibility index (Phi) is 6.55. The van der Waals surface area contributed by atoms with E-state index in [-0.39, 0.29) is 12.0 Å². The summed E-state index contributed by atoms with van der Waals surface area (Å²) in [7, 11) is 1.49. The van der Waals surface area contributed by atoms with Crippen molar-refractivity contribution in [2.45, 2.75) is 12.6 Å². The maximum Gasteiger partial charge on any atom is 0.255 e. The molecule has 0 saturated carbocycles. The number of nitrogens with zero attached hydrogens (tertiary/aromatic N) is 1. The lowest BCUT2D eigenvalue weighted by Crippen LogP contribution is -2.47. The van der Waals surface area contributed by atoms with E-state index in [1.54, 1.807) is 6.07 Å². The Morgan fingerprint density at radius 2 is 2.15 bits per heavy atom. The first-order valence-electron chi connectivity index (χ1n) is 8.86. The Balaban J connectivity index is 1.56. The summed E-state index contributed by atoms with van der Waals surface area (Å²) >= 11 is 6.04. The Morgan fingerprint density at radius 1 is 1.37 bits per heavy atom. The highest BCUT2D eigenvalue weighted by Gasteiger charge is 2.22. The molecular weight excluding hydrogens is 366 g/mol. The van der Waals surface area contributed by atoms with Crippen LogP contribution in [0.4, 0.5) is 5.69 Å². The Labute approximate surface area is 164 Å². The molecule has 0 radical (unpaired) electrons. The molecule has 0 aliphatic carbocycles. The second-order valence-corrected chi connectivity index (χ2v) is 6.90. The molecule has 6 nitrogen and oxygen atoms in total. The number of halogens is 1. The molecule has 7 heteroatoms. The lowest BCUT2D eigenvalue weighted by molar-refractivity contribution is -0.0292. The van der Waals surface area contributed by atoms with Gasteiger partial charge >= 0.3 is 0 Å². The number of methoxy groups -OCH3 is 1. The fraction of sp³-hybridized carbons (Fsp3) is 0.350. The number of ether oxygens (including phenoxy) is 2. The molecule has 1 aliphatic rings. The zero-order chi connectivity index (χ0) is 19.2. The van der Waals surface area contributed by atoms with Gasteiger partial charge in [-0.25, -0.2) is 0 Å². The summed E-state index contributed by atoms with van der Waals surface area (Å²) in [6.45, 7) is 3.56. The van der Waals surface area contributed by atoms with Crippen molar-refractivity contribution in [3.8, 4) is 5.75 Å². The van der Waals surface area contributed by atoms with Crippen LogP contribution >= 0.6 is 11.6 Å². The smallest absolute Gasteiger partial charge is 0.255 e. The highest BCUT2D eigenvalue weighted by atomic mass is 35.5. The van der Waals surface area contributed by atoms with E-state index >= 15 is 0 Å². The SMILES string of the molecule is COc1cc(N)c(Cl)cc1C(=O)NC[C@H]1CN(Cc2ccccc2)CCO1. The number of benzene rings is 2. The van der Waals surface area contributed by atoms with Gasteiger partial charge in [0.25, 0.3) is 5.91 Å². The van der Waals surface area contributed by atoms with Gasteiger partial charge in [0, 0.05) is 32.2 Å². The van der Waals surface area contributed by atoms with Crippen molar-refractivity contribution in [3.05, 3.63) is 58.6 Å². The van der Waals surface area contributed by atoms with Gasteiger partial charge in [-0.2, -0.15) is 0 Å². The summed E-state index contributed by atoms with van der Waals surface area (Å²) in [6, 6.07) is 13.4. The predicted molar refractivity (Wildman–Crippen MR) is 106 cm³/mol. The van der Waals surface area contributed by atoms with Crippen LogP contribution in [0.5, 0.6) is 5.75 Å². The predicted octanol–water partition coefficient (Wildman–Crippen LogP) is 2.56. The van der Waals surface area contributed by atoms with Crippen LogP contribution in [0.25, 0.3) is 0 Å². The number of amides is 1. The molecule has 144 valence electrons. The van der Waals surface area contributed by atoms with Gasteiger partial charge in [0.05, 0.1) is 36.1 Å². The molecule has 1 heterocycles.